The first-order valence-electron chi connectivity index (χ1n) is 6.41. The van der Waals surface area contributed by atoms with Crippen molar-refractivity contribution in [2.45, 2.75) is 63.9 Å². The molecule has 0 spiro atoms. The van der Waals surface area contributed by atoms with Crippen LogP contribution in [0.15, 0.2) is 0 Å². The van der Waals surface area contributed by atoms with Gasteiger partial charge < -0.3 is 0 Å². The third kappa shape index (κ3) is 2.13. The second-order valence-electron chi connectivity index (χ2n) is 6.53. The molecule has 2 heterocycles. The van der Waals surface area contributed by atoms with Crippen molar-refractivity contribution in [3.8, 4) is 0 Å². The van der Waals surface area contributed by atoms with E-state index in [4.69, 9.17) is 0 Å². The Morgan fingerprint density at radius 3 is 2.06 bits per heavy atom. The number of piperazine rings is 1. The molecule has 4 nitrogen and oxygen atoms in total. The van der Waals surface area contributed by atoms with E-state index in [0.717, 1.165) is 13.0 Å². The number of fused-ring (bicyclic) bond motifs is 2. The van der Waals surface area contributed by atoms with Crippen LogP contribution in [0.1, 0.15) is 41.0 Å². The van der Waals surface area contributed by atoms with Gasteiger partial charge in [-0.2, -0.15) is 4.31 Å². The van der Waals surface area contributed by atoms with Gasteiger partial charge in [0.25, 0.3) is 0 Å². The largest absolute Gasteiger partial charge is 0.293 e. The molecular weight excluding hydrogens is 236 g/mol. The van der Waals surface area contributed by atoms with Gasteiger partial charge >= 0.3 is 0 Å². The molecule has 2 rings (SSSR count). The second kappa shape index (κ2) is 3.93. The van der Waals surface area contributed by atoms with E-state index < -0.39 is 10.0 Å². The maximum atomic E-state index is 12.2. The summed E-state index contributed by atoms with van der Waals surface area (Å²) in [5.74, 6) is 0. The molecule has 17 heavy (non-hydrogen) atoms. The highest BCUT2D eigenvalue weighted by Gasteiger charge is 2.50. The molecule has 5 heteroatoms. The summed E-state index contributed by atoms with van der Waals surface area (Å²) in [4.78, 5) is 2.45. The lowest BCUT2D eigenvalue weighted by Gasteiger charge is -2.41. The highest BCUT2D eigenvalue weighted by Crippen LogP contribution is 2.37. The number of sulfonamides is 1. The molecule has 0 saturated carbocycles. The molecule has 0 aromatic rings. The summed E-state index contributed by atoms with van der Waals surface area (Å²) in [6, 6.07) is 0.611. The minimum atomic E-state index is -3.07. The van der Waals surface area contributed by atoms with E-state index in [-0.39, 0.29) is 16.8 Å². The predicted octanol–water partition coefficient (Wildman–Crippen LogP) is 1.28. The quantitative estimate of drug-likeness (QED) is 0.751. The molecule has 2 bridgehead atoms. The van der Waals surface area contributed by atoms with E-state index in [9.17, 15) is 8.42 Å². The molecule has 100 valence electrons. The van der Waals surface area contributed by atoms with Gasteiger partial charge in [0.15, 0.2) is 0 Å². The van der Waals surface area contributed by atoms with Crippen LogP contribution in [0.5, 0.6) is 0 Å². The Bertz CT molecular complexity index is 397. The van der Waals surface area contributed by atoms with Crippen LogP contribution < -0.4 is 0 Å². The zero-order chi connectivity index (χ0) is 13.0. The van der Waals surface area contributed by atoms with Crippen LogP contribution in [0, 0.1) is 0 Å². The van der Waals surface area contributed by atoms with Crippen LogP contribution in [0.4, 0.5) is 0 Å². The molecular formula is C12H24N2O2S. The van der Waals surface area contributed by atoms with Gasteiger partial charge in [0.1, 0.15) is 0 Å². The molecule has 2 fully saturated rings. The predicted molar refractivity (Wildman–Crippen MR) is 69.4 cm³/mol. The van der Waals surface area contributed by atoms with Gasteiger partial charge in [0.2, 0.25) is 10.0 Å². The highest BCUT2D eigenvalue weighted by molar-refractivity contribution is 7.89. The van der Waals surface area contributed by atoms with E-state index in [1.54, 1.807) is 18.2 Å². The van der Waals surface area contributed by atoms with Crippen molar-refractivity contribution >= 4 is 10.0 Å². The molecule has 0 N–H and O–H groups in total. The minimum Gasteiger partial charge on any atom is -0.293 e. The molecule has 2 aliphatic heterocycles. The van der Waals surface area contributed by atoms with Gasteiger partial charge in [-0.15, -0.1) is 0 Å². The Kier molecular flexibility index (Phi) is 3.08. The molecule has 0 amide bonds. The summed E-state index contributed by atoms with van der Waals surface area (Å²) in [5.41, 5.74) is 0.146. The number of hydrogen-bond donors (Lipinski definition) is 0. The number of rotatable bonds is 2. The Morgan fingerprint density at radius 1 is 1.12 bits per heavy atom. The molecule has 0 aromatic carbocycles. The third-order valence-corrected chi connectivity index (χ3v) is 6.27. The summed E-state index contributed by atoms with van der Waals surface area (Å²) in [6.45, 7) is 11.7. The average molecular weight is 260 g/mol. The van der Waals surface area contributed by atoms with Crippen molar-refractivity contribution in [3.63, 3.8) is 0 Å². The molecule has 0 aliphatic carbocycles. The van der Waals surface area contributed by atoms with E-state index in [1.807, 2.05) is 0 Å². The van der Waals surface area contributed by atoms with Crippen LogP contribution in [0.3, 0.4) is 0 Å². The van der Waals surface area contributed by atoms with E-state index >= 15 is 0 Å². The second-order valence-corrected chi connectivity index (χ2v) is 8.97. The third-order valence-electron chi connectivity index (χ3n) is 3.97. The molecule has 2 saturated heterocycles. The van der Waals surface area contributed by atoms with Gasteiger partial charge in [-0.3, -0.25) is 4.90 Å². The van der Waals surface area contributed by atoms with Gasteiger partial charge in [-0.25, -0.2) is 8.42 Å². The number of hydrogen-bond acceptors (Lipinski definition) is 3. The Hall–Kier alpha value is -0.130. The number of likely N-dealkylation sites (tertiary alicyclic amines) is 1. The van der Waals surface area contributed by atoms with Crippen LogP contribution in [-0.4, -0.2) is 53.6 Å². The van der Waals surface area contributed by atoms with Crippen LogP contribution in [0.2, 0.25) is 0 Å². The summed E-state index contributed by atoms with van der Waals surface area (Å²) in [7, 11) is -3.07. The lowest BCUT2D eigenvalue weighted by Crippen LogP contribution is -2.55. The van der Waals surface area contributed by atoms with Crippen molar-refractivity contribution in [2.24, 2.45) is 0 Å². The van der Waals surface area contributed by atoms with Crippen molar-refractivity contribution in [2.75, 3.05) is 13.1 Å². The van der Waals surface area contributed by atoms with Crippen molar-refractivity contribution in [1.29, 1.82) is 0 Å². The zero-order valence-electron chi connectivity index (χ0n) is 11.5. The lowest BCUT2D eigenvalue weighted by atomic mass is 10.0. The fraction of sp³-hybridized carbons (Fsp3) is 1.00. The van der Waals surface area contributed by atoms with Crippen molar-refractivity contribution in [1.82, 2.24) is 9.21 Å². The fourth-order valence-electron chi connectivity index (χ4n) is 3.03. The van der Waals surface area contributed by atoms with Crippen LogP contribution in [-0.2, 0) is 10.0 Å². The highest BCUT2D eigenvalue weighted by atomic mass is 32.2. The first kappa shape index (κ1) is 13.3. The first-order chi connectivity index (χ1) is 7.64. The van der Waals surface area contributed by atoms with Crippen molar-refractivity contribution < 1.29 is 8.42 Å². The summed E-state index contributed by atoms with van der Waals surface area (Å²) < 4.78 is 26.1. The fourth-order valence-corrected chi connectivity index (χ4v) is 4.52. The maximum Gasteiger partial charge on any atom is 0.216 e. The van der Waals surface area contributed by atoms with Gasteiger partial charge in [-0.05, 0) is 41.0 Å². The van der Waals surface area contributed by atoms with Crippen molar-refractivity contribution in [3.05, 3.63) is 0 Å². The monoisotopic (exact) mass is 260 g/mol. The first-order valence-corrected chi connectivity index (χ1v) is 7.91. The normalized spacial score (nSPS) is 31.6. The Labute approximate surface area is 105 Å². The summed E-state index contributed by atoms with van der Waals surface area (Å²) >= 11 is 0. The topological polar surface area (TPSA) is 40.6 Å². The van der Waals surface area contributed by atoms with E-state index in [0.29, 0.717) is 12.6 Å². The molecule has 0 aromatic heterocycles. The minimum absolute atomic E-state index is 0.146. The Morgan fingerprint density at radius 2 is 1.71 bits per heavy atom. The smallest absolute Gasteiger partial charge is 0.216 e. The van der Waals surface area contributed by atoms with Gasteiger partial charge in [0, 0.05) is 30.7 Å². The maximum absolute atomic E-state index is 12.2. The molecule has 0 radical (unpaired) electrons. The zero-order valence-corrected chi connectivity index (χ0v) is 12.3. The summed E-state index contributed by atoms with van der Waals surface area (Å²) in [5, 5.41) is -0.301. The van der Waals surface area contributed by atoms with Gasteiger partial charge in [0.05, 0.1) is 5.25 Å². The number of nitrogens with zero attached hydrogens (tertiary/aromatic N) is 2. The van der Waals surface area contributed by atoms with Crippen LogP contribution in [0.25, 0.3) is 0 Å². The SMILES string of the molecule is CC(C)S(=O)(=O)N1C[C@@H]2C[C@H]1CN2C(C)(C)C. The standard InChI is InChI=1S/C12H24N2O2S/c1-9(2)17(15,16)14-8-10-6-11(14)7-13(10)12(3,4)5/h9-11H,6-8H2,1-5H3/t10-,11-/m0/s1. The summed E-state index contributed by atoms with van der Waals surface area (Å²) in [6.07, 6.45) is 1.00. The average Bonchev–Trinajstić information content (AvgIpc) is 2.74. The van der Waals surface area contributed by atoms with E-state index in [2.05, 4.69) is 25.7 Å². The van der Waals surface area contributed by atoms with Crippen LogP contribution >= 0.6 is 0 Å². The van der Waals surface area contributed by atoms with Gasteiger partial charge in [-0.1, -0.05) is 0 Å². The molecule has 2 atom stereocenters. The molecule has 2 aliphatic rings. The van der Waals surface area contributed by atoms with E-state index in [1.165, 1.54) is 0 Å². The lowest BCUT2D eigenvalue weighted by molar-refractivity contribution is 0.0837. The molecule has 0 unspecified atom stereocenters. The Balaban J connectivity index is 2.14.